The minimum Gasteiger partial charge on any atom is -0.488 e. The maximum Gasteiger partial charge on any atom is 0.326 e. The Hall–Kier alpha value is -3.31. The Morgan fingerprint density at radius 2 is 1.93 bits per heavy atom. The van der Waals surface area contributed by atoms with Crippen molar-refractivity contribution in [2.45, 2.75) is 37.2 Å². The van der Waals surface area contributed by atoms with Crippen LogP contribution in [0.2, 0.25) is 10.0 Å². The quantitative estimate of drug-likeness (QED) is 0.149. The predicted octanol–water partition coefficient (Wildman–Crippen LogP) is 6.04. The summed E-state index contributed by atoms with van der Waals surface area (Å²) in [7, 11) is -4.24. The maximum absolute atomic E-state index is 13.8. The minimum absolute atomic E-state index is 0.00480. The highest BCUT2D eigenvalue weighted by molar-refractivity contribution is 7.92. The Bertz CT molecular complexity index is 1630. The predicted molar refractivity (Wildman–Crippen MR) is 158 cm³/mol. The average molecular weight is 619 g/mol. The SMILES string of the molecule is CCCCOC(=O)CN(c1ccc2c(ccn2-c2cc(OC3CCOC3)ccn2)c1)S(=O)(=O)c1cc(Cl)cc(Cl)c1. The fourth-order valence-electron chi connectivity index (χ4n) is 4.50. The third-order valence-electron chi connectivity index (χ3n) is 6.57. The van der Waals surface area contributed by atoms with E-state index in [1.54, 1.807) is 30.5 Å². The average Bonchev–Trinajstić information content (AvgIpc) is 3.61. The van der Waals surface area contributed by atoms with Crippen molar-refractivity contribution in [3.63, 3.8) is 0 Å². The number of anilines is 1. The zero-order chi connectivity index (χ0) is 29.0. The molecule has 1 saturated heterocycles. The number of fused-ring (bicyclic) bond motifs is 1. The summed E-state index contributed by atoms with van der Waals surface area (Å²) in [5, 5.41) is 1.06. The molecule has 5 rings (SSSR count). The molecule has 0 spiro atoms. The lowest BCUT2D eigenvalue weighted by Gasteiger charge is -2.24. The van der Waals surface area contributed by atoms with E-state index < -0.39 is 22.5 Å². The van der Waals surface area contributed by atoms with Gasteiger partial charge in [-0.2, -0.15) is 0 Å². The highest BCUT2D eigenvalue weighted by Gasteiger charge is 2.29. The summed E-state index contributed by atoms with van der Waals surface area (Å²) in [6, 6.07) is 14.6. The van der Waals surface area contributed by atoms with Crippen LogP contribution in [0, 0.1) is 0 Å². The van der Waals surface area contributed by atoms with Crippen molar-refractivity contribution in [3.05, 3.63) is 77.0 Å². The van der Waals surface area contributed by atoms with Crippen LogP contribution in [0.25, 0.3) is 16.7 Å². The fourth-order valence-corrected chi connectivity index (χ4v) is 6.63. The molecule has 3 heterocycles. The van der Waals surface area contributed by atoms with Crippen LogP contribution in [0.5, 0.6) is 5.75 Å². The first-order valence-electron chi connectivity index (χ1n) is 13.2. The second-order valence-corrected chi connectivity index (χ2v) is 12.3. The number of esters is 1. The number of halogens is 2. The molecule has 1 atom stereocenters. The monoisotopic (exact) mass is 617 g/mol. The topological polar surface area (TPSA) is 100.0 Å². The second kappa shape index (κ2) is 12.7. The number of aromatic nitrogens is 2. The van der Waals surface area contributed by atoms with Gasteiger partial charge >= 0.3 is 5.97 Å². The number of nitrogens with zero attached hydrogens (tertiary/aromatic N) is 3. The summed E-state index contributed by atoms with van der Waals surface area (Å²) in [5.41, 5.74) is 1.07. The van der Waals surface area contributed by atoms with Crippen LogP contribution in [0.15, 0.2) is 71.9 Å². The minimum atomic E-state index is -4.24. The van der Waals surface area contributed by atoms with Gasteiger partial charge in [-0.05, 0) is 55.0 Å². The lowest BCUT2D eigenvalue weighted by molar-refractivity contribution is -0.141. The van der Waals surface area contributed by atoms with Crippen molar-refractivity contribution in [1.82, 2.24) is 9.55 Å². The molecule has 0 amide bonds. The summed E-state index contributed by atoms with van der Waals surface area (Å²) in [6.45, 7) is 2.89. The third kappa shape index (κ3) is 6.78. The molecule has 216 valence electrons. The molecule has 2 aromatic carbocycles. The van der Waals surface area contributed by atoms with Crippen LogP contribution in [0.1, 0.15) is 26.2 Å². The van der Waals surface area contributed by atoms with Gasteiger partial charge in [-0.15, -0.1) is 0 Å². The fraction of sp³-hybridized carbons (Fsp3) is 0.310. The van der Waals surface area contributed by atoms with Gasteiger partial charge in [0.1, 0.15) is 24.2 Å². The molecule has 1 unspecified atom stereocenters. The smallest absolute Gasteiger partial charge is 0.326 e. The highest BCUT2D eigenvalue weighted by atomic mass is 35.5. The van der Waals surface area contributed by atoms with E-state index >= 15 is 0 Å². The van der Waals surface area contributed by atoms with E-state index in [4.69, 9.17) is 37.4 Å². The van der Waals surface area contributed by atoms with Crippen molar-refractivity contribution in [2.75, 3.05) is 30.7 Å². The van der Waals surface area contributed by atoms with E-state index in [1.807, 2.05) is 29.8 Å². The van der Waals surface area contributed by atoms with E-state index in [0.717, 1.165) is 28.0 Å². The van der Waals surface area contributed by atoms with Gasteiger partial charge in [0.05, 0.1) is 35.9 Å². The van der Waals surface area contributed by atoms with Crippen molar-refractivity contribution in [2.24, 2.45) is 0 Å². The zero-order valence-corrected chi connectivity index (χ0v) is 24.7. The van der Waals surface area contributed by atoms with E-state index in [1.165, 1.54) is 18.2 Å². The van der Waals surface area contributed by atoms with Gasteiger partial charge in [-0.1, -0.05) is 36.5 Å². The molecule has 2 aromatic heterocycles. The summed E-state index contributed by atoms with van der Waals surface area (Å²) in [6.07, 6.45) is 5.87. The third-order valence-corrected chi connectivity index (χ3v) is 8.76. The molecule has 1 fully saturated rings. The number of rotatable bonds is 11. The largest absolute Gasteiger partial charge is 0.488 e. The van der Waals surface area contributed by atoms with E-state index in [9.17, 15) is 13.2 Å². The Kier molecular flexibility index (Phi) is 9.03. The van der Waals surface area contributed by atoms with Gasteiger partial charge in [0.25, 0.3) is 10.0 Å². The molecule has 0 radical (unpaired) electrons. The first-order valence-corrected chi connectivity index (χ1v) is 15.4. The summed E-state index contributed by atoms with van der Waals surface area (Å²) in [4.78, 5) is 17.1. The summed E-state index contributed by atoms with van der Waals surface area (Å²) in [5.74, 6) is 0.659. The molecule has 41 heavy (non-hydrogen) atoms. The molecule has 1 aliphatic heterocycles. The number of hydrogen-bond acceptors (Lipinski definition) is 7. The summed E-state index contributed by atoms with van der Waals surface area (Å²) >= 11 is 12.2. The number of carbonyl (C=O) groups is 1. The lowest BCUT2D eigenvalue weighted by Crippen LogP contribution is -2.36. The Morgan fingerprint density at radius 3 is 2.66 bits per heavy atom. The Labute approximate surface area is 248 Å². The van der Waals surface area contributed by atoms with Gasteiger partial charge in [0.2, 0.25) is 0 Å². The molecule has 9 nitrogen and oxygen atoms in total. The van der Waals surface area contributed by atoms with E-state index in [0.29, 0.717) is 31.2 Å². The van der Waals surface area contributed by atoms with Crippen LogP contribution in [0.3, 0.4) is 0 Å². The number of pyridine rings is 1. The van der Waals surface area contributed by atoms with Crippen molar-refractivity contribution >= 4 is 55.8 Å². The van der Waals surface area contributed by atoms with Crippen LogP contribution in [-0.2, 0) is 24.3 Å². The van der Waals surface area contributed by atoms with Crippen molar-refractivity contribution in [3.8, 4) is 11.6 Å². The van der Waals surface area contributed by atoms with E-state index in [2.05, 4.69) is 4.98 Å². The Balaban J connectivity index is 1.49. The molecular weight excluding hydrogens is 589 g/mol. The van der Waals surface area contributed by atoms with Crippen LogP contribution in [-0.4, -0.2) is 56.4 Å². The van der Waals surface area contributed by atoms with Crippen LogP contribution >= 0.6 is 23.2 Å². The molecule has 0 N–H and O–H groups in total. The first-order chi connectivity index (χ1) is 19.7. The van der Waals surface area contributed by atoms with Crippen LogP contribution in [0.4, 0.5) is 5.69 Å². The first kappa shape index (κ1) is 29.2. The van der Waals surface area contributed by atoms with Gasteiger partial charge < -0.3 is 18.8 Å². The number of benzene rings is 2. The second-order valence-electron chi connectivity index (χ2n) is 9.57. The lowest BCUT2D eigenvalue weighted by atomic mass is 10.2. The van der Waals surface area contributed by atoms with E-state index in [-0.39, 0.29) is 33.3 Å². The van der Waals surface area contributed by atoms with Gasteiger partial charge in [-0.25, -0.2) is 13.4 Å². The molecule has 12 heteroatoms. The standard InChI is InChI=1S/C29H29Cl2N3O6S/c1-2-3-11-39-29(35)18-34(41(36,37)26-15-21(30)14-22(31)16-26)23-4-5-27-20(13-23)7-10-33(27)28-17-24(6-9-32-28)40-25-8-12-38-19-25/h4-7,9-10,13-17,25H,2-3,8,11-12,18-19H2,1H3. The normalized spacial score (nSPS) is 15.2. The zero-order valence-electron chi connectivity index (χ0n) is 22.3. The number of hydrogen-bond donors (Lipinski definition) is 0. The molecule has 1 aliphatic rings. The number of carbonyl (C=O) groups excluding carboxylic acids is 1. The Morgan fingerprint density at radius 1 is 1.12 bits per heavy atom. The number of unbranched alkanes of at least 4 members (excludes halogenated alkanes) is 1. The molecular formula is C29H29Cl2N3O6S. The van der Waals surface area contributed by atoms with Crippen molar-refractivity contribution < 1.29 is 27.4 Å². The van der Waals surface area contributed by atoms with Crippen molar-refractivity contribution in [1.29, 1.82) is 0 Å². The highest BCUT2D eigenvalue weighted by Crippen LogP contribution is 2.31. The molecule has 4 aromatic rings. The van der Waals surface area contributed by atoms with Gasteiger partial charge in [-0.3, -0.25) is 9.10 Å². The number of sulfonamides is 1. The summed E-state index contributed by atoms with van der Waals surface area (Å²) < 4.78 is 47.2. The van der Waals surface area contributed by atoms with Crippen LogP contribution < -0.4 is 9.04 Å². The van der Waals surface area contributed by atoms with Gasteiger partial charge in [0, 0.05) is 40.3 Å². The molecule has 0 aliphatic carbocycles. The number of ether oxygens (including phenoxy) is 3. The maximum atomic E-state index is 13.8. The molecule has 0 saturated carbocycles. The molecule has 0 bridgehead atoms. The van der Waals surface area contributed by atoms with Gasteiger partial charge in [0.15, 0.2) is 0 Å².